The summed E-state index contributed by atoms with van der Waals surface area (Å²) in [6.45, 7) is 22.7. The molecule has 68 heavy (non-hydrogen) atoms. The van der Waals surface area contributed by atoms with Crippen LogP contribution in [0, 0.1) is 16.1 Å². The molecule has 0 amide bonds. The second kappa shape index (κ2) is 15.8. The van der Waals surface area contributed by atoms with E-state index in [0.29, 0.717) is 20.8 Å². The van der Waals surface area contributed by atoms with Crippen molar-refractivity contribution in [3.05, 3.63) is 196 Å². The fourth-order valence-electron chi connectivity index (χ4n) is 10.5. The Morgan fingerprint density at radius 1 is 0.603 bits per heavy atom. The van der Waals surface area contributed by atoms with Crippen LogP contribution in [0.2, 0.25) is 0 Å². The van der Waals surface area contributed by atoms with Crippen LogP contribution in [0.15, 0.2) is 170 Å². The van der Waals surface area contributed by atoms with Gasteiger partial charge in [0.2, 0.25) is 0 Å². The van der Waals surface area contributed by atoms with Crippen molar-refractivity contribution in [3.63, 3.8) is 0 Å². The van der Waals surface area contributed by atoms with E-state index in [1.807, 2.05) is 53.2 Å². The standard InChI is InChI=1S/C62H58N4O.Pt/c1-40-32-33-63-55(34-40)66-53-31-30-50-57(61(7,8)62(9,10)60(50,5)6)56(53)49-29-28-45(38-54(49)66)67-46-36-43(59(2,3)4)35-44(37-46)64-39-65(52-27-18-17-26-51(52)64)58-47(41-20-13-11-14-21-41)24-19-25-48(58)42-22-15-12-16-23-42;/h11-38H,1-10H3;/i11D,12D,13D,14D,15D,16D,20D,21D,22D,23D;. The molecule has 0 unspecified atom stereocenters. The molecule has 7 aromatic carbocycles. The van der Waals surface area contributed by atoms with Gasteiger partial charge in [-0.3, -0.25) is 0 Å². The Morgan fingerprint density at radius 2 is 1.25 bits per heavy atom. The summed E-state index contributed by atoms with van der Waals surface area (Å²) < 4.78 is 102. The van der Waals surface area contributed by atoms with E-state index < -0.39 is 60.4 Å². The SMILES string of the molecule is [2H]c1c([2H])c([2H])c(-c2cccc(-c3c([2H])c([2H])c([2H])c([2H])c3[2H])c2-n2[c](=[Pt])n(-c3cc(Oc4ccc5c6c7c(ccc6n(-c6cc(C)ccn6)c5c4)C(C)(C)C(C)(C)C7(C)C)cc(C(C)(C)C)c3)c3ccccc32)c([2H])c1[2H]. The summed E-state index contributed by atoms with van der Waals surface area (Å²) >= 11 is 2.22. The van der Waals surface area contributed by atoms with Crippen LogP contribution in [0.5, 0.6) is 11.5 Å². The summed E-state index contributed by atoms with van der Waals surface area (Å²) in [6.07, 6.45) is 1.85. The van der Waals surface area contributed by atoms with Crippen molar-refractivity contribution >= 4 is 32.8 Å². The predicted octanol–water partition coefficient (Wildman–Crippen LogP) is 16.3. The van der Waals surface area contributed by atoms with Crippen molar-refractivity contribution in [2.24, 2.45) is 5.41 Å². The van der Waals surface area contributed by atoms with Gasteiger partial charge in [-0.15, -0.1) is 0 Å². The first-order valence-electron chi connectivity index (χ1n) is 28.0. The van der Waals surface area contributed by atoms with Crippen LogP contribution in [-0.2, 0) is 35.6 Å². The van der Waals surface area contributed by atoms with Gasteiger partial charge in [0.1, 0.15) is 0 Å². The molecule has 0 saturated heterocycles. The molecule has 3 heterocycles. The summed E-state index contributed by atoms with van der Waals surface area (Å²) in [4.78, 5) is 4.94. The number of aromatic nitrogens is 4. The number of pyridine rings is 1. The molecule has 0 aliphatic heterocycles. The molecule has 0 fully saturated rings. The summed E-state index contributed by atoms with van der Waals surface area (Å²) in [6, 6.07) is 28.6. The fraction of sp³-hybridized carbons (Fsp3) is 0.226. The normalized spacial score (nSPS) is 17.1. The Labute approximate surface area is 425 Å². The van der Waals surface area contributed by atoms with Crippen molar-refractivity contribution < 1.29 is 37.8 Å². The number of aryl methyl sites for hydroxylation is 1. The number of benzene rings is 7. The Morgan fingerprint density at radius 3 is 1.88 bits per heavy atom. The van der Waals surface area contributed by atoms with E-state index in [-0.39, 0.29) is 49.6 Å². The Hall–Kier alpha value is -6.55. The Bertz CT molecular complexity index is 4170. The van der Waals surface area contributed by atoms with Gasteiger partial charge in [0, 0.05) is 6.20 Å². The monoisotopic (exact) mass is 1080 g/mol. The van der Waals surface area contributed by atoms with Crippen LogP contribution in [0.3, 0.4) is 0 Å². The molecule has 0 saturated carbocycles. The molecule has 5 nitrogen and oxygen atoms in total. The van der Waals surface area contributed by atoms with Gasteiger partial charge >= 0.3 is 333 Å². The van der Waals surface area contributed by atoms with Gasteiger partial charge in [-0.25, -0.2) is 0 Å². The summed E-state index contributed by atoms with van der Waals surface area (Å²) in [7, 11) is 0. The Balaban J connectivity index is 1.16. The molecular formula is C62H58N4OPt. The molecule has 0 bridgehead atoms. The van der Waals surface area contributed by atoms with E-state index in [1.165, 1.54) is 16.5 Å². The van der Waals surface area contributed by atoms with Gasteiger partial charge in [-0.2, -0.15) is 0 Å². The second-order valence-electron chi connectivity index (χ2n) is 20.6. The van der Waals surface area contributed by atoms with Gasteiger partial charge in [-0.05, 0) is 40.4 Å². The van der Waals surface area contributed by atoms with Crippen molar-refractivity contribution in [3.8, 4) is 50.9 Å². The molecule has 1 aliphatic carbocycles. The third kappa shape index (κ3) is 6.67. The first-order valence-corrected chi connectivity index (χ1v) is 24.1. The summed E-state index contributed by atoms with van der Waals surface area (Å²) in [5.41, 5.74) is 8.60. The number of fused-ring (bicyclic) bond motifs is 6. The van der Waals surface area contributed by atoms with E-state index in [2.05, 4.69) is 140 Å². The van der Waals surface area contributed by atoms with Crippen molar-refractivity contribution in [2.45, 2.75) is 85.5 Å². The first-order chi connectivity index (χ1) is 36.6. The average molecular weight is 1080 g/mol. The average Bonchev–Trinajstić information content (AvgIpc) is 3.39. The summed E-state index contributed by atoms with van der Waals surface area (Å²) in [5.74, 6) is 1.99. The zero-order chi connectivity index (χ0) is 56.2. The number of nitrogens with zero attached hydrogens (tertiary/aromatic N) is 4. The number of ether oxygens (including phenoxy) is 1. The third-order valence-corrected chi connectivity index (χ3v) is 16.2. The number of hydrogen-bond acceptors (Lipinski definition) is 2. The van der Waals surface area contributed by atoms with Crippen molar-refractivity contribution in [1.82, 2.24) is 18.7 Å². The molecule has 0 radical (unpaired) electrons. The van der Waals surface area contributed by atoms with E-state index in [1.54, 1.807) is 18.2 Å². The minimum atomic E-state index is -0.557. The van der Waals surface area contributed by atoms with Crippen LogP contribution >= 0.6 is 0 Å². The van der Waals surface area contributed by atoms with Gasteiger partial charge in [0.15, 0.2) is 0 Å². The quantitative estimate of drug-likeness (QED) is 0.159. The maximum atomic E-state index is 9.19. The number of hydrogen-bond donors (Lipinski definition) is 0. The molecule has 11 rings (SSSR count). The molecule has 10 aromatic rings. The van der Waals surface area contributed by atoms with Gasteiger partial charge in [-0.1, -0.05) is 47.6 Å². The minimum absolute atomic E-state index is 0.0615. The van der Waals surface area contributed by atoms with Crippen LogP contribution in [0.1, 0.15) is 98.3 Å². The predicted molar refractivity (Wildman–Crippen MR) is 279 cm³/mol. The van der Waals surface area contributed by atoms with E-state index >= 15 is 0 Å². The second-order valence-corrected chi connectivity index (χ2v) is 21.6. The third-order valence-electron chi connectivity index (χ3n) is 15.2. The molecule has 0 spiro atoms. The van der Waals surface area contributed by atoms with Crippen molar-refractivity contribution in [1.29, 1.82) is 0 Å². The maximum absolute atomic E-state index is 9.19. The zero-order valence-corrected chi connectivity index (χ0v) is 42.2. The van der Waals surface area contributed by atoms with Gasteiger partial charge in [0.25, 0.3) is 0 Å². The van der Waals surface area contributed by atoms with Crippen LogP contribution in [0.4, 0.5) is 0 Å². The van der Waals surface area contributed by atoms with Crippen LogP contribution in [-0.4, -0.2) is 18.7 Å². The van der Waals surface area contributed by atoms with E-state index in [9.17, 15) is 5.48 Å². The van der Waals surface area contributed by atoms with Gasteiger partial charge < -0.3 is 0 Å². The topological polar surface area (TPSA) is 36.9 Å². The van der Waals surface area contributed by atoms with E-state index in [0.717, 1.165) is 44.6 Å². The molecule has 6 heteroatoms. The molecule has 3 aromatic heterocycles. The molecule has 0 atom stereocenters. The number of rotatable bonds is 7. The number of para-hydroxylation sites is 3. The van der Waals surface area contributed by atoms with E-state index in [4.69, 9.17) is 17.9 Å². The number of imidazole rings is 1. The Kier molecular flexibility index (Phi) is 7.84. The molecule has 342 valence electrons. The fourth-order valence-corrected chi connectivity index (χ4v) is 11.6. The molecular weight excluding hydrogens is 1010 g/mol. The van der Waals surface area contributed by atoms with Crippen LogP contribution in [0.25, 0.3) is 72.3 Å². The summed E-state index contributed by atoms with van der Waals surface area (Å²) in [5, 5.41) is 2.32. The molecule has 0 N–H and O–H groups in total. The van der Waals surface area contributed by atoms with Gasteiger partial charge in [0.05, 0.1) is 0 Å². The van der Waals surface area contributed by atoms with Crippen LogP contribution < -0.4 is 4.74 Å². The zero-order valence-electron chi connectivity index (χ0n) is 49.9. The van der Waals surface area contributed by atoms with Crippen molar-refractivity contribution in [2.75, 3.05) is 0 Å². The molecule has 1 aliphatic rings. The first kappa shape index (κ1) is 33.8.